The molecular weight excluding hydrogens is 268 g/mol. The zero-order valence-electron chi connectivity index (χ0n) is 10.9. The molecule has 4 nitrogen and oxygen atoms in total. The van der Waals surface area contributed by atoms with Crippen LogP contribution in [0.4, 0.5) is 0 Å². The van der Waals surface area contributed by atoms with E-state index in [1.807, 2.05) is 18.2 Å². The summed E-state index contributed by atoms with van der Waals surface area (Å²) in [6, 6.07) is 15.2. The third kappa shape index (κ3) is 2.39. The number of carboxylic acid groups (broad SMARTS) is 1. The summed E-state index contributed by atoms with van der Waals surface area (Å²) < 4.78 is 0. The van der Waals surface area contributed by atoms with Crippen LogP contribution in [0.5, 0.6) is 11.5 Å². The van der Waals surface area contributed by atoms with Gasteiger partial charge in [-0.3, -0.25) is 0 Å². The second-order valence-corrected chi connectivity index (χ2v) is 4.78. The SMILES string of the molecule is O=C(O)c1ccc(-c2ccc3cc(O)ccc3c2)cc1O. The lowest BCUT2D eigenvalue weighted by Crippen LogP contribution is -1.96. The first-order valence-corrected chi connectivity index (χ1v) is 6.34. The number of hydrogen-bond donors (Lipinski definition) is 3. The smallest absolute Gasteiger partial charge is 0.339 e. The number of aromatic carboxylic acids is 1. The minimum Gasteiger partial charge on any atom is -0.508 e. The number of rotatable bonds is 2. The standard InChI is InChI=1S/C17H12O4/c18-14-5-3-11-7-10(1-2-12(11)8-14)13-4-6-15(17(20)21)16(19)9-13/h1-9,18-19H,(H,20,21). The zero-order valence-corrected chi connectivity index (χ0v) is 10.9. The zero-order chi connectivity index (χ0) is 15.0. The molecule has 0 aliphatic rings. The molecule has 4 heteroatoms. The summed E-state index contributed by atoms with van der Waals surface area (Å²) in [4.78, 5) is 10.9. The maximum atomic E-state index is 10.9. The Morgan fingerprint density at radius 2 is 1.38 bits per heavy atom. The summed E-state index contributed by atoms with van der Waals surface area (Å²) in [5, 5.41) is 30.0. The highest BCUT2D eigenvalue weighted by Crippen LogP contribution is 2.30. The largest absolute Gasteiger partial charge is 0.508 e. The maximum Gasteiger partial charge on any atom is 0.339 e. The van der Waals surface area contributed by atoms with Gasteiger partial charge in [-0.2, -0.15) is 0 Å². The number of carbonyl (C=O) groups is 1. The van der Waals surface area contributed by atoms with E-state index in [1.165, 1.54) is 12.1 Å². The van der Waals surface area contributed by atoms with Crippen LogP contribution in [0.2, 0.25) is 0 Å². The minimum absolute atomic E-state index is 0.121. The molecule has 21 heavy (non-hydrogen) atoms. The van der Waals surface area contributed by atoms with E-state index in [1.54, 1.807) is 24.3 Å². The molecule has 0 spiro atoms. The average molecular weight is 280 g/mol. The van der Waals surface area contributed by atoms with E-state index in [-0.39, 0.29) is 17.1 Å². The van der Waals surface area contributed by atoms with Crippen LogP contribution in [0.25, 0.3) is 21.9 Å². The molecule has 0 atom stereocenters. The molecule has 3 N–H and O–H groups in total. The Bertz CT molecular complexity index is 853. The van der Waals surface area contributed by atoms with Gasteiger partial charge in [-0.1, -0.05) is 24.3 Å². The van der Waals surface area contributed by atoms with Crippen molar-refractivity contribution in [2.75, 3.05) is 0 Å². The van der Waals surface area contributed by atoms with E-state index >= 15 is 0 Å². The molecule has 3 rings (SSSR count). The van der Waals surface area contributed by atoms with Gasteiger partial charge in [-0.15, -0.1) is 0 Å². The van der Waals surface area contributed by atoms with Gasteiger partial charge in [0, 0.05) is 0 Å². The molecule has 3 aromatic rings. The van der Waals surface area contributed by atoms with Gasteiger partial charge in [0.25, 0.3) is 0 Å². The number of hydrogen-bond acceptors (Lipinski definition) is 3. The Labute approximate surface area is 120 Å². The highest BCUT2D eigenvalue weighted by Gasteiger charge is 2.10. The first-order chi connectivity index (χ1) is 10.0. The number of aromatic hydroxyl groups is 2. The first-order valence-electron chi connectivity index (χ1n) is 6.34. The van der Waals surface area contributed by atoms with Gasteiger partial charge in [-0.05, 0) is 52.2 Å². The number of benzene rings is 3. The highest BCUT2D eigenvalue weighted by atomic mass is 16.4. The Kier molecular flexibility index (Phi) is 2.99. The average Bonchev–Trinajstić information content (AvgIpc) is 2.46. The molecule has 0 saturated carbocycles. The topological polar surface area (TPSA) is 77.8 Å². The number of fused-ring (bicyclic) bond motifs is 1. The van der Waals surface area contributed by atoms with Crippen molar-refractivity contribution >= 4 is 16.7 Å². The van der Waals surface area contributed by atoms with E-state index in [0.717, 1.165) is 21.9 Å². The van der Waals surface area contributed by atoms with Gasteiger partial charge in [0.05, 0.1) is 0 Å². The lowest BCUT2D eigenvalue weighted by molar-refractivity contribution is 0.0694. The molecule has 0 amide bonds. The summed E-state index contributed by atoms with van der Waals surface area (Å²) in [5.74, 6) is -1.21. The molecule has 0 fully saturated rings. The van der Waals surface area contributed by atoms with Crippen molar-refractivity contribution in [3.05, 3.63) is 60.2 Å². The van der Waals surface area contributed by atoms with Crippen molar-refractivity contribution in [2.24, 2.45) is 0 Å². The summed E-state index contributed by atoms with van der Waals surface area (Å²) in [5.41, 5.74) is 1.47. The van der Waals surface area contributed by atoms with Crippen LogP contribution in [-0.2, 0) is 0 Å². The fraction of sp³-hybridized carbons (Fsp3) is 0. The van der Waals surface area contributed by atoms with Crippen LogP contribution in [0, 0.1) is 0 Å². The first kappa shape index (κ1) is 13.0. The van der Waals surface area contributed by atoms with Crippen molar-refractivity contribution in [3.63, 3.8) is 0 Å². The molecule has 0 heterocycles. The predicted octanol–water partition coefficient (Wildman–Crippen LogP) is 3.62. The van der Waals surface area contributed by atoms with Crippen LogP contribution in [0.3, 0.4) is 0 Å². The van der Waals surface area contributed by atoms with Gasteiger partial charge in [0.15, 0.2) is 0 Å². The molecule has 0 bridgehead atoms. The van der Waals surface area contributed by atoms with Gasteiger partial charge >= 0.3 is 5.97 Å². The minimum atomic E-state index is -1.16. The number of phenolic OH excluding ortho intramolecular Hbond substituents is 1. The van der Waals surface area contributed by atoms with Crippen LogP contribution in [0.1, 0.15) is 10.4 Å². The fourth-order valence-corrected chi connectivity index (χ4v) is 2.30. The molecule has 0 radical (unpaired) electrons. The third-order valence-corrected chi connectivity index (χ3v) is 3.39. The number of phenols is 2. The predicted molar refractivity (Wildman–Crippen MR) is 79.7 cm³/mol. The lowest BCUT2D eigenvalue weighted by Gasteiger charge is -2.07. The Morgan fingerprint density at radius 3 is 2.10 bits per heavy atom. The van der Waals surface area contributed by atoms with Gasteiger partial charge < -0.3 is 15.3 Å². The second-order valence-electron chi connectivity index (χ2n) is 4.78. The van der Waals surface area contributed by atoms with Crippen LogP contribution < -0.4 is 0 Å². The van der Waals surface area contributed by atoms with Crippen molar-refractivity contribution in [1.29, 1.82) is 0 Å². The summed E-state index contributed by atoms with van der Waals surface area (Å²) in [6.07, 6.45) is 0. The van der Waals surface area contributed by atoms with Crippen molar-refractivity contribution < 1.29 is 20.1 Å². The molecule has 0 saturated heterocycles. The van der Waals surface area contributed by atoms with Crippen molar-refractivity contribution in [1.82, 2.24) is 0 Å². The second kappa shape index (κ2) is 4.83. The normalized spacial score (nSPS) is 10.7. The molecular formula is C17H12O4. The van der Waals surface area contributed by atoms with Gasteiger partial charge in [-0.25, -0.2) is 4.79 Å². The summed E-state index contributed by atoms with van der Waals surface area (Å²) in [7, 11) is 0. The third-order valence-electron chi connectivity index (χ3n) is 3.39. The van der Waals surface area contributed by atoms with E-state index in [4.69, 9.17) is 5.11 Å². The summed E-state index contributed by atoms with van der Waals surface area (Å²) in [6.45, 7) is 0. The molecule has 3 aromatic carbocycles. The lowest BCUT2D eigenvalue weighted by atomic mass is 9.99. The maximum absolute atomic E-state index is 10.9. The van der Waals surface area contributed by atoms with Crippen molar-refractivity contribution in [3.8, 4) is 22.6 Å². The fourth-order valence-electron chi connectivity index (χ4n) is 2.30. The van der Waals surface area contributed by atoms with E-state index in [2.05, 4.69) is 0 Å². The Balaban J connectivity index is 2.10. The van der Waals surface area contributed by atoms with E-state index in [0.29, 0.717) is 0 Å². The van der Waals surface area contributed by atoms with E-state index < -0.39 is 5.97 Å². The molecule has 0 aliphatic heterocycles. The Hall–Kier alpha value is -3.01. The molecule has 104 valence electrons. The highest BCUT2D eigenvalue weighted by molar-refractivity contribution is 5.93. The van der Waals surface area contributed by atoms with Crippen LogP contribution in [0.15, 0.2) is 54.6 Å². The molecule has 0 aliphatic carbocycles. The molecule has 0 aromatic heterocycles. The van der Waals surface area contributed by atoms with Crippen molar-refractivity contribution in [2.45, 2.75) is 0 Å². The monoisotopic (exact) mass is 280 g/mol. The number of carboxylic acids is 1. The van der Waals surface area contributed by atoms with Gasteiger partial charge in [0.2, 0.25) is 0 Å². The van der Waals surface area contributed by atoms with Crippen LogP contribution >= 0.6 is 0 Å². The quantitative estimate of drug-likeness (QED) is 0.670. The summed E-state index contributed by atoms with van der Waals surface area (Å²) >= 11 is 0. The van der Waals surface area contributed by atoms with E-state index in [9.17, 15) is 15.0 Å². The van der Waals surface area contributed by atoms with Crippen LogP contribution in [-0.4, -0.2) is 21.3 Å². The Morgan fingerprint density at radius 1 is 0.762 bits per heavy atom. The molecule has 0 unspecified atom stereocenters. The van der Waals surface area contributed by atoms with Gasteiger partial charge in [0.1, 0.15) is 17.1 Å².